The maximum Gasteiger partial charge on any atom is 0.261 e. The smallest absolute Gasteiger partial charge is 0.261 e. The van der Waals surface area contributed by atoms with Gasteiger partial charge in [0.1, 0.15) is 5.56 Å². The lowest BCUT2D eigenvalue weighted by atomic mass is 10.1. The second-order valence-electron chi connectivity index (χ2n) is 8.45. The lowest BCUT2D eigenvalue weighted by molar-refractivity contribution is 0.0642. The van der Waals surface area contributed by atoms with Gasteiger partial charge in [-0.1, -0.05) is 13.0 Å². The van der Waals surface area contributed by atoms with Gasteiger partial charge in [0.15, 0.2) is 0 Å². The number of aromatic nitrogens is 1. The van der Waals surface area contributed by atoms with Crippen LogP contribution in [0.15, 0.2) is 52.3 Å². The van der Waals surface area contributed by atoms with Crippen LogP contribution in [0, 0.1) is 13.8 Å². The molecule has 2 N–H and O–H groups in total. The number of hydrogen-bond acceptors (Lipinski definition) is 5. The van der Waals surface area contributed by atoms with Crippen LogP contribution >= 0.6 is 0 Å². The quantitative estimate of drug-likeness (QED) is 0.599. The van der Waals surface area contributed by atoms with Crippen molar-refractivity contribution in [3.8, 4) is 0 Å². The van der Waals surface area contributed by atoms with Crippen LogP contribution in [-0.2, 0) is 10.0 Å². The molecule has 33 heavy (non-hydrogen) atoms. The number of aromatic amines is 1. The predicted octanol–water partition coefficient (Wildman–Crippen LogP) is 2.72. The molecule has 1 amide bonds. The van der Waals surface area contributed by atoms with E-state index < -0.39 is 15.5 Å². The van der Waals surface area contributed by atoms with E-state index in [1.165, 1.54) is 18.3 Å². The van der Waals surface area contributed by atoms with Crippen LogP contribution in [0.2, 0.25) is 0 Å². The largest absolute Gasteiger partial charge is 0.360 e. The Bertz CT molecular complexity index is 1350. The Morgan fingerprint density at radius 2 is 1.70 bits per heavy atom. The lowest BCUT2D eigenvalue weighted by Gasteiger charge is -2.33. The fourth-order valence-electron chi connectivity index (χ4n) is 4.21. The van der Waals surface area contributed by atoms with Crippen LogP contribution < -0.4 is 10.2 Å². The number of hydrogen-bond donors (Lipinski definition) is 2. The molecule has 2 aromatic carbocycles. The number of H-pyrrole nitrogens is 1. The second kappa shape index (κ2) is 8.99. The van der Waals surface area contributed by atoms with Crippen molar-refractivity contribution in [2.45, 2.75) is 25.7 Å². The fourth-order valence-corrected chi connectivity index (χ4v) is 5.28. The number of pyridine rings is 1. The number of likely N-dealkylation sites (N-methyl/N-ethyl adjacent to an activating group) is 1. The number of rotatable bonds is 5. The summed E-state index contributed by atoms with van der Waals surface area (Å²) in [6.45, 7) is 9.41. The SMILES string of the molecule is CCN1CCN(C(=O)c2c[nH]c3ccc(S(=O)(=O)Nc4cc(C)cc(C)c4)cc3c2=O)CC1. The molecular weight excluding hydrogens is 440 g/mol. The monoisotopic (exact) mass is 468 g/mol. The highest BCUT2D eigenvalue weighted by Crippen LogP contribution is 2.21. The van der Waals surface area contributed by atoms with E-state index in [1.54, 1.807) is 23.1 Å². The van der Waals surface area contributed by atoms with E-state index in [2.05, 4.69) is 21.5 Å². The molecule has 3 aromatic rings. The first-order valence-corrected chi connectivity index (χ1v) is 12.4. The second-order valence-corrected chi connectivity index (χ2v) is 10.1. The molecule has 0 unspecified atom stereocenters. The van der Waals surface area contributed by atoms with Gasteiger partial charge in [0.05, 0.1) is 4.90 Å². The molecule has 0 bridgehead atoms. The molecule has 0 aliphatic carbocycles. The molecule has 8 nitrogen and oxygen atoms in total. The summed E-state index contributed by atoms with van der Waals surface area (Å²) in [6, 6.07) is 9.75. The van der Waals surface area contributed by atoms with E-state index in [9.17, 15) is 18.0 Å². The summed E-state index contributed by atoms with van der Waals surface area (Å²) in [5.74, 6) is -0.337. The average Bonchev–Trinajstić information content (AvgIpc) is 2.78. The molecule has 4 rings (SSSR count). The van der Waals surface area contributed by atoms with E-state index in [4.69, 9.17) is 0 Å². The van der Waals surface area contributed by atoms with Crippen LogP contribution in [0.3, 0.4) is 0 Å². The third kappa shape index (κ3) is 4.79. The molecule has 0 spiro atoms. The number of sulfonamides is 1. The van der Waals surface area contributed by atoms with Gasteiger partial charge in [0.2, 0.25) is 5.43 Å². The molecule has 0 radical (unpaired) electrons. The summed E-state index contributed by atoms with van der Waals surface area (Å²) in [4.78, 5) is 33.0. The summed E-state index contributed by atoms with van der Waals surface area (Å²) in [5.41, 5.74) is 2.34. The maximum atomic E-state index is 13.2. The molecule has 9 heteroatoms. The van der Waals surface area contributed by atoms with E-state index in [1.807, 2.05) is 19.9 Å². The molecule has 2 heterocycles. The van der Waals surface area contributed by atoms with Gasteiger partial charge in [-0.3, -0.25) is 14.3 Å². The number of piperazine rings is 1. The topological polar surface area (TPSA) is 103 Å². The number of carbonyl (C=O) groups excluding carboxylic acids is 1. The van der Waals surface area contributed by atoms with Crippen LogP contribution in [-0.4, -0.2) is 61.8 Å². The number of benzene rings is 2. The Morgan fingerprint density at radius 3 is 2.33 bits per heavy atom. The highest BCUT2D eigenvalue weighted by atomic mass is 32.2. The van der Waals surface area contributed by atoms with Gasteiger partial charge in [-0.2, -0.15) is 0 Å². The summed E-state index contributed by atoms with van der Waals surface area (Å²) >= 11 is 0. The predicted molar refractivity (Wildman–Crippen MR) is 129 cm³/mol. The fraction of sp³-hybridized carbons (Fsp3) is 0.333. The van der Waals surface area contributed by atoms with Crippen molar-refractivity contribution in [1.82, 2.24) is 14.8 Å². The molecular formula is C24H28N4O4S. The number of aryl methyl sites for hydroxylation is 2. The normalized spacial score (nSPS) is 15.1. The van der Waals surface area contributed by atoms with Crippen molar-refractivity contribution in [3.05, 3.63) is 69.5 Å². The van der Waals surface area contributed by atoms with Crippen molar-refractivity contribution in [3.63, 3.8) is 0 Å². The van der Waals surface area contributed by atoms with Crippen LogP contribution in [0.25, 0.3) is 10.9 Å². The minimum Gasteiger partial charge on any atom is -0.360 e. The number of amides is 1. The zero-order valence-electron chi connectivity index (χ0n) is 19.0. The zero-order chi connectivity index (χ0) is 23.8. The number of carbonyl (C=O) groups is 1. The molecule has 1 fully saturated rings. The van der Waals surface area contributed by atoms with E-state index >= 15 is 0 Å². The number of nitrogens with zero attached hydrogens (tertiary/aromatic N) is 2. The van der Waals surface area contributed by atoms with Gasteiger partial charge < -0.3 is 14.8 Å². The van der Waals surface area contributed by atoms with Gasteiger partial charge in [-0.25, -0.2) is 8.42 Å². The van der Waals surface area contributed by atoms with E-state index in [-0.39, 0.29) is 21.8 Å². The van der Waals surface area contributed by atoms with Gasteiger partial charge in [0.25, 0.3) is 15.9 Å². The van der Waals surface area contributed by atoms with Gasteiger partial charge in [-0.15, -0.1) is 0 Å². The Kier molecular flexibility index (Phi) is 6.27. The van der Waals surface area contributed by atoms with Crippen molar-refractivity contribution in [2.24, 2.45) is 0 Å². The Hall–Kier alpha value is -3.17. The summed E-state index contributed by atoms with van der Waals surface area (Å²) in [5, 5.41) is 0.163. The first kappa shape index (κ1) is 23.0. The van der Waals surface area contributed by atoms with E-state index in [0.29, 0.717) is 24.3 Å². The summed E-state index contributed by atoms with van der Waals surface area (Å²) in [6.07, 6.45) is 1.42. The Balaban J connectivity index is 1.66. The first-order valence-electron chi connectivity index (χ1n) is 11.0. The van der Waals surface area contributed by atoms with Crippen molar-refractivity contribution >= 4 is 32.5 Å². The third-order valence-electron chi connectivity index (χ3n) is 5.97. The molecule has 174 valence electrons. The van der Waals surface area contributed by atoms with Crippen molar-refractivity contribution in [1.29, 1.82) is 0 Å². The lowest BCUT2D eigenvalue weighted by Crippen LogP contribution is -2.49. The summed E-state index contributed by atoms with van der Waals surface area (Å²) in [7, 11) is -3.92. The summed E-state index contributed by atoms with van der Waals surface area (Å²) < 4.78 is 28.6. The molecule has 0 saturated carbocycles. The van der Waals surface area contributed by atoms with E-state index in [0.717, 1.165) is 30.8 Å². The van der Waals surface area contributed by atoms with Crippen molar-refractivity contribution < 1.29 is 13.2 Å². The average molecular weight is 469 g/mol. The van der Waals surface area contributed by atoms with Crippen LogP contribution in [0.1, 0.15) is 28.4 Å². The van der Waals surface area contributed by atoms with Gasteiger partial charge >= 0.3 is 0 Å². The highest BCUT2D eigenvalue weighted by Gasteiger charge is 2.24. The minimum absolute atomic E-state index is 0.0178. The molecule has 0 atom stereocenters. The standard InChI is InChI=1S/C24H28N4O4S/c1-4-27-7-9-28(10-8-27)24(30)21-15-25-22-6-5-19(14-20(22)23(21)29)33(31,32)26-18-12-16(2)11-17(3)13-18/h5-6,11-15,26H,4,7-10H2,1-3H3,(H,25,29). The highest BCUT2D eigenvalue weighted by molar-refractivity contribution is 7.92. The van der Waals surface area contributed by atoms with Gasteiger partial charge in [0, 0.05) is 49.0 Å². The number of anilines is 1. The Labute approximate surface area is 193 Å². The Morgan fingerprint density at radius 1 is 1.03 bits per heavy atom. The first-order chi connectivity index (χ1) is 15.7. The third-order valence-corrected chi connectivity index (χ3v) is 7.35. The zero-order valence-corrected chi connectivity index (χ0v) is 19.8. The molecule has 1 aliphatic heterocycles. The maximum absolute atomic E-state index is 13.2. The van der Waals surface area contributed by atoms with Crippen LogP contribution in [0.4, 0.5) is 5.69 Å². The molecule has 1 aromatic heterocycles. The number of nitrogens with one attached hydrogen (secondary N) is 2. The van der Waals surface area contributed by atoms with Crippen molar-refractivity contribution in [2.75, 3.05) is 37.4 Å². The minimum atomic E-state index is -3.92. The van der Waals surface area contributed by atoms with Gasteiger partial charge in [-0.05, 0) is 61.9 Å². The molecule has 1 saturated heterocycles. The van der Waals surface area contributed by atoms with Crippen LogP contribution in [0.5, 0.6) is 0 Å². The molecule has 1 aliphatic rings. The number of fused-ring (bicyclic) bond motifs is 1.